The van der Waals surface area contributed by atoms with Crippen LogP contribution in [0.2, 0.25) is 0 Å². The largest absolute Gasteiger partial charge is 0.370 e. The number of aromatic nitrogens is 3. The molecule has 2 aliphatic rings. The van der Waals surface area contributed by atoms with E-state index in [4.69, 9.17) is 4.74 Å². The molecule has 1 aromatic carbocycles. The van der Waals surface area contributed by atoms with Crippen molar-refractivity contribution in [3.63, 3.8) is 0 Å². The number of amides is 1. The number of nitrogens with zero attached hydrogens (tertiary/aromatic N) is 3. The number of piperidine rings is 1. The highest BCUT2D eigenvalue weighted by molar-refractivity contribution is 7.99. The second-order valence-electron chi connectivity index (χ2n) is 7.31. The second-order valence-corrected chi connectivity index (χ2v) is 8.25. The van der Waals surface area contributed by atoms with Gasteiger partial charge in [-0.25, -0.2) is 4.98 Å². The fourth-order valence-electron chi connectivity index (χ4n) is 3.81. The second kappa shape index (κ2) is 8.89. The van der Waals surface area contributed by atoms with Gasteiger partial charge in [0.1, 0.15) is 6.10 Å². The van der Waals surface area contributed by atoms with Crippen molar-refractivity contribution in [3.8, 4) is 0 Å². The zero-order chi connectivity index (χ0) is 18.5. The number of hydrogen-bond acceptors (Lipinski definition) is 5. The minimum absolute atomic E-state index is 0.0335. The zero-order valence-corrected chi connectivity index (χ0v) is 16.3. The van der Waals surface area contributed by atoms with Crippen molar-refractivity contribution in [2.45, 2.75) is 43.4 Å². The number of rotatable bonds is 6. The van der Waals surface area contributed by atoms with Crippen LogP contribution in [0.5, 0.6) is 0 Å². The van der Waals surface area contributed by atoms with Gasteiger partial charge in [-0.1, -0.05) is 42.1 Å². The van der Waals surface area contributed by atoms with Crippen molar-refractivity contribution in [1.29, 1.82) is 0 Å². The topological polar surface area (TPSA) is 71.1 Å². The SMILES string of the molecule is O=C(CSc1n[nH]c([C@@H]2CCCO2)n1)N1CCC(Cc2ccccc2)CC1. The molecule has 1 amide bonds. The van der Waals surface area contributed by atoms with Crippen LogP contribution in [0, 0.1) is 5.92 Å². The number of hydrogen-bond donors (Lipinski definition) is 1. The minimum Gasteiger partial charge on any atom is -0.370 e. The van der Waals surface area contributed by atoms with Crippen LogP contribution in [0.15, 0.2) is 35.5 Å². The lowest BCUT2D eigenvalue weighted by molar-refractivity contribution is -0.129. The summed E-state index contributed by atoms with van der Waals surface area (Å²) >= 11 is 1.40. The number of carbonyl (C=O) groups is 1. The normalized spacial score (nSPS) is 20.9. The summed E-state index contributed by atoms with van der Waals surface area (Å²) in [5.74, 6) is 2.03. The molecule has 27 heavy (non-hydrogen) atoms. The summed E-state index contributed by atoms with van der Waals surface area (Å²) in [7, 11) is 0. The van der Waals surface area contributed by atoms with Gasteiger partial charge in [0.25, 0.3) is 0 Å². The maximum Gasteiger partial charge on any atom is 0.233 e. The van der Waals surface area contributed by atoms with Crippen molar-refractivity contribution in [1.82, 2.24) is 20.1 Å². The Labute approximate surface area is 164 Å². The Morgan fingerprint density at radius 3 is 2.78 bits per heavy atom. The van der Waals surface area contributed by atoms with Gasteiger partial charge in [-0.2, -0.15) is 0 Å². The maximum atomic E-state index is 12.5. The van der Waals surface area contributed by atoms with Crippen molar-refractivity contribution >= 4 is 17.7 Å². The number of likely N-dealkylation sites (tertiary alicyclic amines) is 1. The first-order valence-corrected chi connectivity index (χ1v) is 10.7. The van der Waals surface area contributed by atoms with Crippen LogP contribution in [-0.2, 0) is 16.0 Å². The summed E-state index contributed by atoms with van der Waals surface area (Å²) in [6.45, 7) is 2.49. The van der Waals surface area contributed by atoms with Crippen molar-refractivity contribution in [2.24, 2.45) is 5.92 Å². The van der Waals surface area contributed by atoms with E-state index >= 15 is 0 Å². The highest BCUT2D eigenvalue weighted by Gasteiger charge is 2.24. The molecule has 0 saturated carbocycles. The van der Waals surface area contributed by atoms with E-state index in [9.17, 15) is 4.79 Å². The van der Waals surface area contributed by atoms with E-state index < -0.39 is 0 Å². The molecule has 2 aromatic rings. The molecule has 2 fully saturated rings. The molecule has 2 aliphatic heterocycles. The monoisotopic (exact) mass is 386 g/mol. The number of H-pyrrole nitrogens is 1. The van der Waals surface area contributed by atoms with E-state index in [0.29, 0.717) is 16.8 Å². The highest BCUT2D eigenvalue weighted by atomic mass is 32.2. The third-order valence-corrected chi connectivity index (χ3v) is 6.21. The Morgan fingerprint density at radius 1 is 1.22 bits per heavy atom. The first-order chi connectivity index (χ1) is 13.3. The van der Waals surface area contributed by atoms with Gasteiger partial charge in [0.2, 0.25) is 11.1 Å². The molecule has 144 valence electrons. The fraction of sp³-hybridized carbons (Fsp3) is 0.550. The van der Waals surface area contributed by atoms with E-state index in [2.05, 4.69) is 45.5 Å². The van der Waals surface area contributed by atoms with Crippen LogP contribution < -0.4 is 0 Å². The van der Waals surface area contributed by atoms with Crippen LogP contribution in [0.1, 0.15) is 43.2 Å². The molecule has 0 spiro atoms. The molecular weight excluding hydrogens is 360 g/mol. The van der Waals surface area contributed by atoms with Crippen LogP contribution in [-0.4, -0.2) is 51.4 Å². The summed E-state index contributed by atoms with van der Waals surface area (Å²) in [5, 5.41) is 7.79. The highest BCUT2D eigenvalue weighted by Crippen LogP contribution is 2.27. The molecule has 0 unspecified atom stereocenters. The molecule has 1 atom stereocenters. The predicted molar refractivity (Wildman–Crippen MR) is 104 cm³/mol. The first kappa shape index (κ1) is 18.5. The Hall–Kier alpha value is -1.86. The molecule has 0 aliphatic carbocycles. The lowest BCUT2D eigenvalue weighted by Crippen LogP contribution is -2.39. The fourth-order valence-corrected chi connectivity index (χ4v) is 4.52. The standard InChI is InChI=1S/C20H26N4O2S/c25-18(14-27-20-21-19(22-23-20)17-7-4-12-26-17)24-10-8-16(9-11-24)13-15-5-2-1-3-6-15/h1-3,5-6,16-17H,4,7-14H2,(H,21,22,23)/t17-/m0/s1. The molecule has 0 radical (unpaired) electrons. The minimum atomic E-state index is 0.0335. The Bertz CT molecular complexity index is 737. The zero-order valence-electron chi connectivity index (χ0n) is 15.5. The molecule has 0 bridgehead atoms. The van der Waals surface area contributed by atoms with Crippen molar-refractivity contribution in [2.75, 3.05) is 25.4 Å². The quantitative estimate of drug-likeness (QED) is 0.772. The summed E-state index contributed by atoms with van der Waals surface area (Å²) in [4.78, 5) is 19.0. The number of carbonyl (C=O) groups excluding carboxylic acids is 1. The van der Waals surface area contributed by atoms with Crippen molar-refractivity contribution < 1.29 is 9.53 Å². The third kappa shape index (κ3) is 4.90. The first-order valence-electron chi connectivity index (χ1n) is 9.76. The molecule has 2 saturated heterocycles. The Morgan fingerprint density at radius 2 is 2.04 bits per heavy atom. The van der Waals surface area contributed by atoms with E-state index in [1.165, 1.54) is 17.3 Å². The number of nitrogens with one attached hydrogen (secondary N) is 1. The number of benzene rings is 1. The van der Waals surface area contributed by atoms with Gasteiger partial charge < -0.3 is 9.64 Å². The molecular formula is C20H26N4O2S. The van der Waals surface area contributed by atoms with E-state index in [1.807, 2.05) is 4.90 Å². The smallest absolute Gasteiger partial charge is 0.233 e. The van der Waals surface area contributed by atoms with Crippen LogP contribution in [0.3, 0.4) is 0 Å². The van der Waals surface area contributed by atoms with Crippen LogP contribution in [0.25, 0.3) is 0 Å². The average Bonchev–Trinajstić information content (AvgIpc) is 3.39. The lowest BCUT2D eigenvalue weighted by Gasteiger charge is -2.32. The van der Waals surface area contributed by atoms with E-state index in [1.54, 1.807) is 0 Å². The Kier molecular flexibility index (Phi) is 6.09. The van der Waals surface area contributed by atoms with Gasteiger partial charge in [-0.15, -0.1) is 5.10 Å². The van der Waals surface area contributed by atoms with E-state index in [-0.39, 0.29) is 12.0 Å². The summed E-state index contributed by atoms with van der Waals surface area (Å²) in [6.07, 6.45) is 5.35. The van der Waals surface area contributed by atoms with Crippen LogP contribution >= 0.6 is 11.8 Å². The lowest BCUT2D eigenvalue weighted by atomic mass is 9.90. The van der Waals surface area contributed by atoms with Crippen molar-refractivity contribution in [3.05, 3.63) is 41.7 Å². The molecule has 1 N–H and O–H groups in total. The van der Waals surface area contributed by atoms with Gasteiger partial charge in [-0.05, 0) is 43.6 Å². The number of ether oxygens (including phenoxy) is 1. The molecule has 3 heterocycles. The number of thioether (sulfide) groups is 1. The summed E-state index contributed by atoms with van der Waals surface area (Å²) in [5.41, 5.74) is 1.39. The molecule has 4 rings (SSSR count). The predicted octanol–water partition coefficient (Wildman–Crippen LogP) is 3.23. The van der Waals surface area contributed by atoms with Crippen LogP contribution in [0.4, 0.5) is 0 Å². The number of aromatic amines is 1. The van der Waals surface area contributed by atoms with Gasteiger partial charge >= 0.3 is 0 Å². The van der Waals surface area contributed by atoms with E-state index in [0.717, 1.165) is 57.6 Å². The molecule has 7 heteroatoms. The van der Waals surface area contributed by atoms with Gasteiger partial charge in [0.15, 0.2) is 5.82 Å². The third-order valence-electron chi connectivity index (χ3n) is 5.38. The van der Waals surface area contributed by atoms with Gasteiger partial charge in [0.05, 0.1) is 5.75 Å². The Balaban J connectivity index is 1.20. The average molecular weight is 387 g/mol. The molecule has 6 nitrogen and oxygen atoms in total. The summed E-state index contributed by atoms with van der Waals surface area (Å²) in [6, 6.07) is 10.6. The summed E-state index contributed by atoms with van der Waals surface area (Å²) < 4.78 is 5.61. The van der Waals surface area contributed by atoms with Gasteiger partial charge in [-0.3, -0.25) is 9.89 Å². The molecule has 1 aromatic heterocycles. The maximum absolute atomic E-state index is 12.5. The van der Waals surface area contributed by atoms with Gasteiger partial charge in [0, 0.05) is 19.7 Å².